The van der Waals surface area contributed by atoms with E-state index in [-0.39, 0.29) is 21.7 Å². The third-order valence-electron chi connectivity index (χ3n) is 3.92. The Bertz CT molecular complexity index is 1050. The van der Waals surface area contributed by atoms with Crippen molar-refractivity contribution < 1.29 is 14.3 Å². The van der Waals surface area contributed by atoms with E-state index in [0.717, 1.165) is 5.56 Å². The summed E-state index contributed by atoms with van der Waals surface area (Å²) >= 11 is 5.26. The molecule has 0 radical (unpaired) electrons. The van der Waals surface area contributed by atoms with E-state index < -0.39 is 12.0 Å². The lowest BCUT2D eigenvalue weighted by molar-refractivity contribution is 0.0697. The number of rotatable bonds is 3. The SMILES string of the molecule is CC(c1ccc(F)cc1)n1c(=S)[nH]c2cc(C(=O)O)ccc2c1=O. The molecule has 7 heteroatoms. The molecule has 0 aliphatic rings. The molecule has 2 aromatic carbocycles. The van der Waals surface area contributed by atoms with Crippen molar-refractivity contribution in [1.82, 2.24) is 9.55 Å². The fraction of sp³-hybridized carbons (Fsp3) is 0.118. The van der Waals surface area contributed by atoms with Crippen molar-refractivity contribution in [2.24, 2.45) is 0 Å². The van der Waals surface area contributed by atoms with Crippen molar-refractivity contribution in [1.29, 1.82) is 0 Å². The Kier molecular flexibility index (Phi) is 4.02. The van der Waals surface area contributed by atoms with Gasteiger partial charge in [0.1, 0.15) is 5.82 Å². The molecule has 24 heavy (non-hydrogen) atoms. The van der Waals surface area contributed by atoms with E-state index in [1.807, 2.05) is 0 Å². The average molecular weight is 344 g/mol. The third-order valence-corrected chi connectivity index (χ3v) is 4.21. The van der Waals surface area contributed by atoms with E-state index in [9.17, 15) is 14.0 Å². The molecular formula is C17H13FN2O3S. The Balaban J connectivity index is 2.20. The van der Waals surface area contributed by atoms with E-state index in [2.05, 4.69) is 4.98 Å². The van der Waals surface area contributed by atoms with Crippen molar-refractivity contribution in [3.05, 3.63) is 74.5 Å². The van der Waals surface area contributed by atoms with E-state index >= 15 is 0 Å². The Hall–Kier alpha value is -2.80. The number of carboxylic acids is 1. The van der Waals surface area contributed by atoms with Gasteiger partial charge in [-0.2, -0.15) is 0 Å². The molecule has 1 aromatic heterocycles. The number of hydrogen-bond donors (Lipinski definition) is 2. The van der Waals surface area contributed by atoms with Gasteiger partial charge >= 0.3 is 5.97 Å². The molecule has 2 N–H and O–H groups in total. The molecule has 0 spiro atoms. The summed E-state index contributed by atoms with van der Waals surface area (Å²) in [5, 5.41) is 9.38. The lowest BCUT2D eigenvalue weighted by atomic mass is 10.1. The molecule has 3 rings (SSSR count). The van der Waals surface area contributed by atoms with Crippen LogP contribution in [-0.4, -0.2) is 20.6 Å². The molecule has 0 aliphatic carbocycles. The molecule has 1 atom stereocenters. The molecular weight excluding hydrogens is 331 g/mol. The van der Waals surface area contributed by atoms with Crippen LogP contribution in [0.1, 0.15) is 28.9 Å². The van der Waals surface area contributed by atoms with Crippen LogP contribution in [0.3, 0.4) is 0 Å². The van der Waals surface area contributed by atoms with E-state index in [0.29, 0.717) is 10.9 Å². The number of carbonyl (C=O) groups is 1. The molecule has 0 bridgehead atoms. The zero-order valence-electron chi connectivity index (χ0n) is 12.6. The molecule has 122 valence electrons. The van der Waals surface area contributed by atoms with E-state index in [4.69, 9.17) is 17.3 Å². The average Bonchev–Trinajstić information content (AvgIpc) is 2.54. The second kappa shape index (κ2) is 6.01. The summed E-state index contributed by atoms with van der Waals surface area (Å²) in [6.45, 7) is 1.79. The predicted octanol–water partition coefficient (Wildman–Crippen LogP) is 3.51. The Labute approximate surface area is 141 Å². The number of halogens is 1. The number of hydrogen-bond acceptors (Lipinski definition) is 3. The number of nitrogens with one attached hydrogen (secondary N) is 1. The highest BCUT2D eigenvalue weighted by atomic mass is 32.1. The number of aromatic nitrogens is 2. The maximum atomic E-state index is 13.1. The number of nitrogens with zero attached hydrogens (tertiary/aromatic N) is 1. The highest BCUT2D eigenvalue weighted by Crippen LogP contribution is 2.19. The van der Waals surface area contributed by atoms with Crippen LogP contribution in [0.4, 0.5) is 4.39 Å². The molecule has 0 amide bonds. The molecule has 0 saturated heterocycles. The van der Waals surface area contributed by atoms with Gasteiger partial charge in [-0.15, -0.1) is 0 Å². The number of aromatic amines is 1. The van der Waals surface area contributed by atoms with Gasteiger partial charge in [0.2, 0.25) is 0 Å². The van der Waals surface area contributed by atoms with Gasteiger partial charge in [-0.3, -0.25) is 9.36 Å². The number of benzene rings is 2. The normalized spacial score (nSPS) is 12.2. The summed E-state index contributed by atoms with van der Waals surface area (Å²) in [5.41, 5.74) is 0.839. The quantitative estimate of drug-likeness (QED) is 0.713. The van der Waals surface area contributed by atoms with Crippen LogP contribution in [0.2, 0.25) is 0 Å². The maximum absolute atomic E-state index is 13.1. The first-order valence-electron chi connectivity index (χ1n) is 7.16. The number of carboxylic acid groups (broad SMARTS) is 1. The van der Waals surface area contributed by atoms with Gasteiger partial charge in [-0.05, 0) is 55.0 Å². The lowest BCUT2D eigenvalue weighted by Crippen LogP contribution is -2.26. The largest absolute Gasteiger partial charge is 0.478 e. The summed E-state index contributed by atoms with van der Waals surface area (Å²) in [7, 11) is 0. The van der Waals surface area contributed by atoms with Crippen LogP contribution in [0.25, 0.3) is 10.9 Å². The summed E-state index contributed by atoms with van der Waals surface area (Å²) in [6.07, 6.45) is 0. The Morgan fingerprint density at radius 3 is 2.54 bits per heavy atom. The molecule has 0 saturated carbocycles. The maximum Gasteiger partial charge on any atom is 0.335 e. The number of aromatic carboxylic acids is 1. The molecule has 3 aromatic rings. The van der Waals surface area contributed by atoms with Gasteiger partial charge in [0.25, 0.3) is 5.56 Å². The minimum absolute atomic E-state index is 0.0666. The highest BCUT2D eigenvalue weighted by molar-refractivity contribution is 7.71. The van der Waals surface area contributed by atoms with Gasteiger partial charge in [0, 0.05) is 0 Å². The standard InChI is InChI=1S/C17H13FN2O3S/c1-9(10-2-5-12(18)6-3-10)20-15(21)13-7-4-11(16(22)23)8-14(13)19-17(20)24/h2-9H,1H3,(H,19,24)(H,22,23). The van der Waals surface area contributed by atoms with E-state index in [1.54, 1.807) is 19.1 Å². The van der Waals surface area contributed by atoms with Crippen LogP contribution in [0, 0.1) is 10.6 Å². The molecule has 0 aliphatic heterocycles. The fourth-order valence-electron chi connectivity index (χ4n) is 2.61. The molecule has 1 unspecified atom stereocenters. The van der Waals surface area contributed by atoms with Crippen molar-refractivity contribution in [3.8, 4) is 0 Å². The zero-order valence-corrected chi connectivity index (χ0v) is 13.4. The van der Waals surface area contributed by atoms with E-state index in [1.165, 1.54) is 34.9 Å². The summed E-state index contributed by atoms with van der Waals surface area (Å²) in [5.74, 6) is -1.44. The van der Waals surface area contributed by atoms with Crippen molar-refractivity contribution in [2.45, 2.75) is 13.0 Å². The Morgan fingerprint density at radius 2 is 1.92 bits per heavy atom. The van der Waals surface area contributed by atoms with Crippen LogP contribution in [-0.2, 0) is 0 Å². The van der Waals surface area contributed by atoms with Gasteiger partial charge in [-0.1, -0.05) is 12.1 Å². The predicted molar refractivity (Wildman–Crippen MR) is 90.6 cm³/mol. The first kappa shape index (κ1) is 16.1. The third kappa shape index (κ3) is 2.74. The van der Waals surface area contributed by atoms with Crippen molar-refractivity contribution in [3.63, 3.8) is 0 Å². The van der Waals surface area contributed by atoms with Crippen LogP contribution >= 0.6 is 12.2 Å². The number of fused-ring (bicyclic) bond motifs is 1. The van der Waals surface area contributed by atoms with Crippen molar-refractivity contribution >= 4 is 29.1 Å². The monoisotopic (exact) mass is 344 g/mol. The lowest BCUT2D eigenvalue weighted by Gasteiger charge is -2.16. The second-order valence-electron chi connectivity index (χ2n) is 5.40. The first-order valence-corrected chi connectivity index (χ1v) is 7.56. The molecule has 5 nitrogen and oxygen atoms in total. The molecule has 1 heterocycles. The van der Waals surface area contributed by atoms with Crippen molar-refractivity contribution in [2.75, 3.05) is 0 Å². The van der Waals surface area contributed by atoms with Gasteiger partial charge in [0.15, 0.2) is 4.77 Å². The van der Waals surface area contributed by atoms with Crippen LogP contribution < -0.4 is 5.56 Å². The topological polar surface area (TPSA) is 75.1 Å². The van der Waals surface area contributed by atoms with Crippen LogP contribution in [0.15, 0.2) is 47.3 Å². The first-order chi connectivity index (χ1) is 11.4. The van der Waals surface area contributed by atoms with Gasteiger partial charge in [-0.25, -0.2) is 9.18 Å². The summed E-state index contributed by atoms with van der Waals surface area (Å²) < 4.78 is 14.6. The summed E-state index contributed by atoms with van der Waals surface area (Å²) in [4.78, 5) is 26.7. The minimum Gasteiger partial charge on any atom is -0.478 e. The van der Waals surface area contributed by atoms with Crippen LogP contribution in [0.5, 0.6) is 0 Å². The highest BCUT2D eigenvalue weighted by Gasteiger charge is 2.15. The fourth-order valence-corrected chi connectivity index (χ4v) is 2.96. The smallest absolute Gasteiger partial charge is 0.335 e. The minimum atomic E-state index is -1.08. The van der Waals surface area contributed by atoms with Gasteiger partial charge in [0.05, 0.1) is 22.5 Å². The Morgan fingerprint density at radius 1 is 1.25 bits per heavy atom. The van der Waals surface area contributed by atoms with Gasteiger partial charge < -0.3 is 10.1 Å². The summed E-state index contributed by atoms with van der Waals surface area (Å²) in [6, 6.07) is 9.65. The zero-order chi connectivity index (χ0) is 17.4. The molecule has 0 fully saturated rings. The number of H-pyrrole nitrogens is 1. The second-order valence-corrected chi connectivity index (χ2v) is 5.79.